The number of nitrogens with zero attached hydrogens (tertiary/aromatic N) is 2. The minimum atomic E-state index is -4.03. The molecule has 1 saturated heterocycles. The van der Waals surface area contributed by atoms with Crippen molar-refractivity contribution >= 4 is 33.6 Å². The van der Waals surface area contributed by atoms with E-state index in [2.05, 4.69) is 0 Å². The highest BCUT2D eigenvalue weighted by atomic mass is 32.2. The van der Waals surface area contributed by atoms with E-state index in [-0.39, 0.29) is 35.0 Å². The smallest absolute Gasteiger partial charge is 0.269 e. The van der Waals surface area contributed by atoms with Crippen molar-refractivity contribution in [1.29, 1.82) is 0 Å². The molecule has 12 heteroatoms. The quantitative estimate of drug-likeness (QED) is 0.126. The number of hydrogen-bond acceptors (Lipinski definition) is 8. The van der Waals surface area contributed by atoms with Gasteiger partial charge in [-0.25, -0.2) is 12.8 Å². The van der Waals surface area contributed by atoms with E-state index in [1.807, 2.05) is 30.3 Å². The van der Waals surface area contributed by atoms with Crippen LogP contribution in [0, 0.1) is 15.9 Å². The molecule has 1 heterocycles. The third kappa shape index (κ3) is 8.03. The van der Waals surface area contributed by atoms with Crippen LogP contribution in [-0.2, 0) is 14.8 Å². The Morgan fingerprint density at radius 3 is 1.72 bits per heavy atom. The lowest BCUT2D eigenvalue weighted by Crippen LogP contribution is -2.41. The summed E-state index contributed by atoms with van der Waals surface area (Å²) in [6.07, 6.45) is 3.29. The zero-order chi connectivity index (χ0) is 33.3. The number of benzene rings is 4. The van der Waals surface area contributed by atoms with Crippen LogP contribution in [0.5, 0.6) is 17.2 Å². The van der Waals surface area contributed by atoms with Crippen LogP contribution >= 0.6 is 0 Å². The SMILES string of the molecule is COc1cc(C=C2CN(S(=O)(=O)c3ccc(F)cc3)CC(=Cc3ccccc3)C2=O)cc(OC)c1OC.O=[N+]([O-])c1ccccc1. The second-order valence-corrected chi connectivity index (χ2v) is 11.8. The Balaban J connectivity index is 0.000000459. The lowest BCUT2D eigenvalue weighted by Gasteiger charge is -2.29. The highest BCUT2D eigenvalue weighted by molar-refractivity contribution is 7.89. The number of sulfonamides is 1. The van der Waals surface area contributed by atoms with Gasteiger partial charge < -0.3 is 14.2 Å². The first-order chi connectivity index (χ1) is 22.1. The largest absolute Gasteiger partial charge is 0.493 e. The summed E-state index contributed by atoms with van der Waals surface area (Å²) in [6.45, 7) is -0.290. The molecule has 0 N–H and O–H groups in total. The van der Waals surface area contributed by atoms with E-state index < -0.39 is 20.8 Å². The number of para-hydroxylation sites is 1. The molecule has 0 amide bonds. The van der Waals surface area contributed by atoms with Crippen molar-refractivity contribution in [2.45, 2.75) is 4.90 Å². The molecule has 238 valence electrons. The Hall–Kier alpha value is -5.33. The molecule has 0 aromatic heterocycles. The highest BCUT2D eigenvalue weighted by Gasteiger charge is 2.34. The van der Waals surface area contributed by atoms with Gasteiger partial charge in [0.2, 0.25) is 15.8 Å². The van der Waals surface area contributed by atoms with E-state index in [0.29, 0.717) is 28.4 Å². The Bertz CT molecular complexity index is 1840. The van der Waals surface area contributed by atoms with Gasteiger partial charge in [0.15, 0.2) is 17.3 Å². The van der Waals surface area contributed by atoms with E-state index in [0.717, 1.165) is 17.7 Å². The minimum absolute atomic E-state index is 0.0607. The van der Waals surface area contributed by atoms with Crippen LogP contribution in [0.1, 0.15) is 11.1 Å². The molecule has 0 atom stereocenters. The summed E-state index contributed by atoms with van der Waals surface area (Å²) in [5, 5.41) is 10.0. The highest BCUT2D eigenvalue weighted by Crippen LogP contribution is 2.39. The number of hydrogen-bond donors (Lipinski definition) is 0. The molecule has 4 aromatic carbocycles. The average Bonchev–Trinajstić information content (AvgIpc) is 3.07. The van der Waals surface area contributed by atoms with Gasteiger partial charge in [0.05, 0.1) is 31.1 Å². The summed E-state index contributed by atoms with van der Waals surface area (Å²) in [6, 6.07) is 25.1. The normalized spacial score (nSPS) is 15.2. The van der Waals surface area contributed by atoms with Gasteiger partial charge in [0, 0.05) is 36.4 Å². The molecule has 1 aliphatic rings. The number of Topliss-reactive ketones (excluding diaryl/α,β-unsaturated/α-hetero) is 1. The molecule has 0 saturated carbocycles. The fraction of sp³-hybridized carbons (Fsp3) is 0.147. The molecule has 0 radical (unpaired) electrons. The van der Waals surface area contributed by atoms with Gasteiger partial charge in [-0.15, -0.1) is 0 Å². The molecule has 0 unspecified atom stereocenters. The van der Waals surface area contributed by atoms with Crippen molar-refractivity contribution in [2.24, 2.45) is 0 Å². The number of carbonyl (C=O) groups is 1. The summed E-state index contributed by atoms with van der Waals surface area (Å²) in [5.41, 5.74) is 2.03. The first kappa shape index (κ1) is 33.6. The summed E-state index contributed by atoms with van der Waals surface area (Å²) >= 11 is 0. The summed E-state index contributed by atoms with van der Waals surface area (Å²) in [4.78, 5) is 23.1. The molecule has 46 heavy (non-hydrogen) atoms. The van der Waals surface area contributed by atoms with Gasteiger partial charge in [-0.05, 0) is 59.7 Å². The fourth-order valence-electron chi connectivity index (χ4n) is 4.62. The predicted octanol–water partition coefficient (Wildman–Crippen LogP) is 6.19. The number of nitro groups is 1. The van der Waals surface area contributed by atoms with Crippen LogP contribution in [-0.4, -0.2) is 57.8 Å². The number of piperidine rings is 1. The fourth-order valence-corrected chi connectivity index (χ4v) is 6.02. The maximum atomic E-state index is 13.5. The molecule has 1 fully saturated rings. The third-order valence-electron chi connectivity index (χ3n) is 6.86. The van der Waals surface area contributed by atoms with Gasteiger partial charge in [0.1, 0.15) is 5.82 Å². The van der Waals surface area contributed by atoms with Crippen LogP contribution < -0.4 is 14.2 Å². The van der Waals surface area contributed by atoms with Crippen molar-refractivity contribution in [2.75, 3.05) is 34.4 Å². The third-order valence-corrected chi connectivity index (χ3v) is 8.67. The first-order valence-electron chi connectivity index (χ1n) is 13.8. The van der Waals surface area contributed by atoms with Crippen molar-refractivity contribution in [3.8, 4) is 17.2 Å². The maximum absolute atomic E-state index is 13.5. The molecule has 1 aliphatic heterocycles. The summed E-state index contributed by atoms with van der Waals surface area (Å²) < 4.78 is 57.8. The van der Waals surface area contributed by atoms with E-state index in [4.69, 9.17) is 14.2 Å². The maximum Gasteiger partial charge on any atom is 0.269 e. The molecular formula is C34H31FN2O8S. The Labute approximate surface area is 266 Å². The second-order valence-electron chi connectivity index (χ2n) is 9.86. The number of ether oxygens (including phenoxy) is 3. The molecular weight excluding hydrogens is 615 g/mol. The number of nitro benzene ring substituents is 1. The van der Waals surface area contributed by atoms with E-state index >= 15 is 0 Å². The molecule has 0 spiro atoms. The number of rotatable bonds is 8. The first-order valence-corrected chi connectivity index (χ1v) is 15.3. The zero-order valence-corrected chi connectivity index (χ0v) is 26.1. The summed E-state index contributed by atoms with van der Waals surface area (Å²) in [5.74, 6) is 0.372. The van der Waals surface area contributed by atoms with Crippen molar-refractivity contribution in [3.05, 3.63) is 135 Å². The molecule has 4 aromatic rings. The monoisotopic (exact) mass is 646 g/mol. The van der Waals surface area contributed by atoms with Crippen molar-refractivity contribution in [1.82, 2.24) is 4.31 Å². The standard InChI is InChI=1S/C28H26FNO6S.C6H5NO2/c1-34-25-15-20(16-26(35-2)28(25)36-3)14-22-18-30(37(32,33)24-11-9-23(29)10-12-24)17-21(27(22)31)13-19-7-5-4-6-8-19;8-7(9)6-4-2-1-3-5-6/h4-16H,17-18H2,1-3H3;1-5H. The number of methoxy groups -OCH3 is 3. The predicted molar refractivity (Wildman–Crippen MR) is 172 cm³/mol. The van der Waals surface area contributed by atoms with Gasteiger partial charge in [-0.2, -0.15) is 4.31 Å². The lowest BCUT2D eigenvalue weighted by molar-refractivity contribution is -0.384. The number of halogens is 1. The second kappa shape index (κ2) is 15.1. The van der Waals surface area contributed by atoms with Gasteiger partial charge in [-0.3, -0.25) is 14.9 Å². The molecule has 0 bridgehead atoms. The molecule has 0 aliphatic carbocycles. The van der Waals surface area contributed by atoms with Crippen LogP contribution in [0.2, 0.25) is 0 Å². The zero-order valence-electron chi connectivity index (χ0n) is 25.3. The Morgan fingerprint density at radius 1 is 0.761 bits per heavy atom. The topological polar surface area (TPSA) is 125 Å². The van der Waals surface area contributed by atoms with Crippen LogP contribution in [0.25, 0.3) is 12.2 Å². The van der Waals surface area contributed by atoms with Crippen LogP contribution in [0.15, 0.2) is 113 Å². The molecule has 10 nitrogen and oxygen atoms in total. The summed E-state index contributed by atoms with van der Waals surface area (Å²) in [7, 11) is 0.430. The van der Waals surface area contributed by atoms with Gasteiger partial charge in [0.25, 0.3) is 5.69 Å². The molecule has 5 rings (SSSR count). The van der Waals surface area contributed by atoms with E-state index in [1.54, 1.807) is 42.5 Å². The number of ketones is 1. The average molecular weight is 647 g/mol. The van der Waals surface area contributed by atoms with Crippen LogP contribution in [0.4, 0.5) is 10.1 Å². The van der Waals surface area contributed by atoms with Crippen molar-refractivity contribution in [3.63, 3.8) is 0 Å². The minimum Gasteiger partial charge on any atom is -0.493 e. The van der Waals surface area contributed by atoms with Gasteiger partial charge >= 0.3 is 0 Å². The Kier molecular flexibility index (Phi) is 11.0. The van der Waals surface area contributed by atoms with E-state index in [1.165, 1.54) is 49.9 Å². The van der Waals surface area contributed by atoms with Crippen molar-refractivity contribution < 1.29 is 36.7 Å². The number of non-ortho nitro benzene ring substituents is 1. The van der Waals surface area contributed by atoms with Gasteiger partial charge in [-0.1, -0.05) is 48.5 Å². The number of carbonyl (C=O) groups excluding carboxylic acids is 1. The Morgan fingerprint density at radius 2 is 1.26 bits per heavy atom. The lowest BCUT2D eigenvalue weighted by atomic mass is 9.95. The van der Waals surface area contributed by atoms with E-state index in [9.17, 15) is 27.7 Å². The van der Waals surface area contributed by atoms with Crippen LogP contribution in [0.3, 0.4) is 0 Å².